The van der Waals surface area contributed by atoms with Crippen LogP contribution in [0, 0.1) is 0 Å². The summed E-state index contributed by atoms with van der Waals surface area (Å²) < 4.78 is 6.83. The highest BCUT2D eigenvalue weighted by atomic mass is 35.5. The Morgan fingerprint density at radius 1 is 1.11 bits per heavy atom. The lowest BCUT2D eigenvalue weighted by Gasteiger charge is -2.10. The van der Waals surface area contributed by atoms with Crippen LogP contribution in [0.1, 0.15) is 10.4 Å². The van der Waals surface area contributed by atoms with Gasteiger partial charge in [0.15, 0.2) is 5.65 Å². The first-order valence-electron chi connectivity index (χ1n) is 8.06. The van der Waals surface area contributed by atoms with Crippen molar-refractivity contribution in [1.82, 2.24) is 19.8 Å². The van der Waals surface area contributed by atoms with E-state index in [0.29, 0.717) is 27.7 Å². The van der Waals surface area contributed by atoms with E-state index in [1.54, 1.807) is 29.0 Å². The summed E-state index contributed by atoms with van der Waals surface area (Å²) in [4.78, 5) is 12.5. The number of halogens is 1. The fourth-order valence-electron chi connectivity index (χ4n) is 2.66. The van der Waals surface area contributed by atoms with Crippen LogP contribution >= 0.6 is 11.6 Å². The molecule has 0 radical (unpaired) electrons. The summed E-state index contributed by atoms with van der Waals surface area (Å²) in [5, 5.41) is 15.5. The van der Waals surface area contributed by atoms with Gasteiger partial charge in [-0.3, -0.25) is 4.79 Å². The van der Waals surface area contributed by atoms with Gasteiger partial charge in [0.2, 0.25) is 0 Å². The number of hydrogen-bond donors (Lipinski definition) is 1. The van der Waals surface area contributed by atoms with Crippen LogP contribution in [0.15, 0.2) is 60.9 Å². The van der Waals surface area contributed by atoms with Crippen LogP contribution in [-0.2, 0) is 0 Å². The number of nitrogens with one attached hydrogen (secondary N) is 1. The largest absolute Gasteiger partial charge is 0.496 e. The SMILES string of the molecule is COc1ccc(Cl)cc1C(=O)Nc1ccc(-c2ccc3nncn3n2)cc1. The third kappa shape index (κ3) is 3.45. The second kappa shape index (κ2) is 7.05. The quantitative estimate of drug-likeness (QED) is 0.584. The number of benzene rings is 2. The highest BCUT2D eigenvalue weighted by molar-refractivity contribution is 6.31. The Morgan fingerprint density at radius 3 is 2.70 bits per heavy atom. The van der Waals surface area contributed by atoms with Crippen LogP contribution in [-0.4, -0.2) is 32.8 Å². The molecule has 0 bridgehead atoms. The van der Waals surface area contributed by atoms with E-state index in [-0.39, 0.29) is 5.91 Å². The number of fused-ring (bicyclic) bond motifs is 1. The number of carbonyl (C=O) groups excluding carboxylic acids is 1. The van der Waals surface area contributed by atoms with Gasteiger partial charge in [0.25, 0.3) is 5.91 Å². The van der Waals surface area contributed by atoms with Crippen molar-refractivity contribution in [2.24, 2.45) is 0 Å². The van der Waals surface area contributed by atoms with Crippen molar-refractivity contribution in [3.8, 4) is 17.0 Å². The van der Waals surface area contributed by atoms with Gasteiger partial charge in [-0.05, 0) is 42.5 Å². The second-order valence-corrected chi connectivity index (χ2v) is 6.16. The maximum atomic E-state index is 12.5. The maximum Gasteiger partial charge on any atom is 0.259 e. The number of methoxy groups -OCH3 is 1. The molecule has 27 heavy (non-hydrogen) atoms. The highest BCUT2D eigenvalue weighted by Gasteiger charge is 2.13. The van der Waals surface area contributed by atoms with Crippen LogP contribution in [0.2, 0.25) is 5.02 Å². The van der Waals surface area contributed by atoms with Crippen LogP contribution in [0.25, 0.3) is 16.9 Å². The van der Waals surface area contributed by atoms with Crippen molar-refractivity contribution in [2.75, 3.05) is 12.4 Å². The van der Waals surface area contributed by atoms with Crippen LogP contribution < -0.4 is 10.1 Å². The lowest BCUT2D eigenvalue weighted by molar-refractivity contribution is 0.102. The summed E-state index contributed by atoms with van der Waals surface area (Å²) in [6, 6.07) is 16.0. The number of anilines is 1. The summed E-state index contributed by atoms with van der Waals surface area (Å²) in [5.41, 5.74) is 3.38. The van der Waals surface area contributed by atoms with Crippen molar-refractivity contribution in [3.63, 3.8) is 0 Å². The molecular weight excluding hydrogens is 366 g/mol. The molecule has 1 N–H and O–H groups in total. The zero-order valence-electron chi connectivity index (χ0n) is 14.3. The van der Waals surface area contributed by atoms with Crippen LogP contribution in [0.5, 0.6) is 5.75 Å². The molecular formula is C19H14ClN5O2. The van der Waals surface area contributed by atoms with Gasteiger partial charge in [-0.2, -0.15) is 9.61 Å². The molecule has 0 aliphatic rings. The zero-order chi connectivity index (χ0) is 18.8. The summed E-state index contributed by atoms with van der Waals surface area (Å²) in [6.45, 7) is 0. The molecule has 2 aromatic heterocycles. The standard InChI is InChI=1S/C19H14ClN5O2/c1-27-17-8-4-13(20)10-15(17)19(26)22-14-5-2-12(3-6-14)16-7-9-18-23-21-11-25(18)24-16/h2-11H,1H3,(H,22,26). The first-order chi connectivity index (χ1) is 13.1. The predicted molar refractivity (Wildman–Crippen MR) is 102 cm³/mol. The van der Waals surface area contributed by atoms with Gasteiger partial charge in [0.05, 0.1) is 18.4 Å². The van der Waals surface area contributed by atoms with Crippen molar-refractivity contribution in [2.45, 2.75) is 0 Å². The van der Waals surface area contributed by atoms with Crippen LogP contribution in [0.3, 0.4) is 0 Å². The van der Waals surface area contributed by atoms with Crippen molar-refractivity contribution in [1.29, 1.82) is 0 Å². The molecule has 7 nitrogen and oxygen atoms in total. The van der Waals surface area contributed by atoms with Gasteiger partial charge in [-0.25, -0.2) is 0 Å². The molecule has 0 saturated carbocycles. The minimum atomic E-state index is -0.300. The average Bonchev–Trinajstić information content (AvgIpc) is 3.16. The molecule has 0 aliphatic carbocycles. The molecule has 8 heteroatoms. The predicted octanol–water partition coefficient (Wildman–Crippen LogP) is 3.71. The Morgan fingerprint density at radius 2 is 1.93 bits per heavy atom. The van der Waals surface area contributed by atoms with Crippen molar-refractivity contribution in [3.05, 3.63) is 71.5 Å². The van der Waals surface area contributed by atoms with Crippen LogP contribution in [0.4, 0.5) is 5.69 Å². The monoisotopic (exact) mass is 379 g/mol. The minimum Gasteiger partial charge on any atom is -0.496 e. The van der Waals surface area contributed by atoms with E-state index in [2.05, 4.69) is 20.6 Å². The lowest BCUT2D eigenvalue weighted by atomic mass is 10.1. The van der Waals surface area contributed by atoms with Gasteiger partial charge >= 0.3 is 0 Å². The van der Waals surface area contributed by atoms with E-state index in [1.807, 2.05) is 36.4 Å². The minimum absolute atomic E-state index is 0.300. The molecule has 1 amide bonds. The fraction of sp³-hybridized carbons (Fsp3) is 0.0526. The number of amides is 1. The van der Waals surface area contributed by atoms with Gasteiger partial charge < -0.3 is 10.1 Å². The Labute approximate surface area is 159 Å². The van der Waals surface area contributed by atoms with Gasteiger partial charge in [0.1, 0.15) is 12.1 Å². The van der Waals surface area contributed by atoms with E-state index in [4.69, 9.17) is 16.3 Å². The molecule has 0 saturated heterocycles. The number of hydrogen-bond acceptors (Lipinski definition) is 5. The lowest BCUT2D eigenvalue weighted by Crippen LogP contribution is -2.13. The zero-order valence-corrected chi connectivity index (χ0v) is 15.0. The van der Waals surface area contributed by atoms with Crippen molar-refractivity contribution < 1.29 is 9.53 Å². The molecule has 0 fully saturated rings. The Bertz CT molecular complexity index is 1120. The maximum absolute atomic E-state index is 12.5. The molecule has 134 valence electrons. The first-order valence-corrected chi connectivity index (χ1v) is 8.44. The average molecular weight is 380 g/mol. The molecule has 0 aliphatic heterocycles. The van der Waals surface area contributed by atoms with E-state index in [9.17, 15) is 4.79 Å². The number of ether oxygens (including phenoxy) is 1. The second-order valence-electron chi connectivity index (χ2n) is 5.73. The molecule has 2 heterocycles. The summed E-state index contributed by atoms with van der Waals surface area (Å²) in [7, 11) is 1.51. The number of nitrogens with zero attached hydrogens (tertiary/aromatic N) is 4. The normalized spacial score (nSPS) is 10.7. The summed E-state index contributed by atoms with van der Waals surface area (Å²) >= 11 is 5.99. The summed E-state index contributed by atoms with van der Waals surface area (Å²) in [5.74, 6) is 0.158. The van der Waals surface area contributed by atoms with Gasteiger partial charge in [0, 0.05) is 16.3 Å². The number of carbonyl (C=O) groups is 1. The third-order valence-corrected chi connectivity index (χ3v) is 4.24. The first kappa shape index (κ1) is 17.0. The van der Waals surface area contributed by atoms with E-state index < -0.39 is 0 Å². The Balaban J connectivity index is 1.55. The van der Waals surface area contributed by atoms with Crippen molar-refractivity contribution >= 4 is 28.8 Å². The van der Waals surface area contributed by atoms with E-state index in [0.717, 1.165) is 11.3 Å². The van der Waals surface area contributed by atoms with Gasteiger partial charge in [-0.15, -0.1) is 10.2 Å². The molecule has 0 atom stereocenters. The fourth-order valence-corrected chi connectivity index (χ4v) is 2.83. The summed E-state index contributed by atoms with van der Waals surface area (Å²) in [6.07, 6.45) is 1.55. The molecule has 4 aromatic rings. The smallest absolute Gasteiger partial charge is 0.259 e. The van der Waals surface area contributed by atoms with E-state index >= 15 is 0 Å². The third-order valence-electron chi connectivity index (χ3n) is 4.01. The highest BCUT2D eigenvalue weighted by Crippen LogP contribution is 2.25. The Hall–Kier alpha value is -3.45. The number of aromatic nitrogens is 4. The van der Waals surface area contributed by atoms with Gasteiger partial charge in [-0.1, -0.05) is 23.7 Å². The topological polar surface area (TPSA) is 81.4 Å². The molecule has 2 aromatic carbocycles. The molecule has 0 unspecified atom stereocenters. The Kier molecular flexibility index (Phi) is 4.43. The molecule has 0 spiro atoms. The van der Waals surface area contributed by atoms with E-state index in [1.165, 1.54) is 7.11 Å². The molecule has 4 rings (SSSR count). The number of rotatable bonds is 4.